The standard InChI is InChI=1S/C24H29N5O/c30-24(25-14-13-20-8-3-1-4-9-20)28-15-7-12-22(18-28)16-23-27-26-19-29(23)17-21-10-5-2-6-11-21/h1-6,8-11,19,22H,7,12-18H2,(H,25,30). The van der Waals surface area contributed by atoms with E-state index in [-0.39, 0.29) is 6.03 Å². The van der Waals surface area contributed by atoms with E-state index in [1.165, 1.54) is 11.1 Å². The molecule has 1 aromatic heterocycles. The zero-order valence-electron chi connectivity index (χ0n) is 17.3. The monoisotopic (exact) mass is 403 g/mol. The molecule has 2 aromatic carbocycles. The molecule has 2 heterocycles. The molecule has 2 amide bonds. The summed E-state index contributed by atoms with van der Waals surface area (Å²) in [7, 11) is 0. The minimum Gasteiger partial charge on any atom is -0.338 e. The number of nitrogens with one attached hydrogen (secondary N) is 1. The smallest absolute Gasteiger partial charge is 0.317 e. The number of nitrogens with zero attached hydrogens (tertiary/aromatic N) is 4. The van der Waals surface area contributed by atoms with E-state index >= 15 is 0 Å². The van der Waals surface area contributed by atoms with E-state index in [0.717, 1.165) is 51.1 Å². The van der Waals surface area contributed by atoms with Crippen LogP contribution < -0.4 is 5.32 Å². The molecule has 1 atom stereocenters. The first-order valence-electron chi connectivity index (χ1n) is 10.8. The maximum atomic E-state index is 12.6. The minimum atomic E-state index is 0.0429. The third kappa shape index (κ3) is 5.47. The van der Waals surface area contributed by atoms with Crippen molar-refractivity contribution in [2.24, 2.45) is 5.92 Å². The second-order valence-corrected chi connectivity index (χ2v) is 7.99. The SMILES string of the molecule is O=C(NCCc1ccccc1)N1CCCC(Cc2nncn2Cc2ccccc2)C1. The Morgan fingerprint density at radius 3 is 2.53 bits per heavy atom. The van der Waals surface area contributed by atoms with Gasteiger partial charge in [-0.05, 0) is 36.3 Å². The number of rotatable bonds is 7. The fourth-order valence-corrected chi connectivity index (χ4v) is 4.09. The second-order valence-electron chi connectivity index (χ2n) is 7.99. The van der Waals surface area contributed by atoms with Crippen LogP contribution >= 0.6 is 0 Å². The summed E-state index contributed by atoms with van der Waals surface area (Å²) >= 11 is 0. The van der Waals surface area contributed by atoms with Crippen LogP contribution in [0, 0.1) is 5.92 Å². The molecule has 0 spiro atoms. The van der Waals surface area contributed by atoms with Gasteiger partial charge in [0.1, 0.15) is 12.2 Å². The largest absolute Gasteiger partial charge is 0.338 e. The van der Waals surface area contributed by atoms with Gasteiger partial charge in [0.25, 0.3) is 0 Å². The molecule has 0 radical (unpaired) electrons. The van der Waals surface area contributed by atoms with E-state index in [9.17, 15) is 4.79 Å². The Hall–Kier alpha value is -3.15. The number of carbonyl (C=O) groups excluding carboxylic acids is 1. The molecule has 1 unspecified atom stereocenters. The fourth-order valence-electron chi connectivity index (χ4n) is 4.09. The van der Waals surface area contributed by atoms with Crippen LogP contribution in [0.4, 0.5) is 4.79 Å². The summed E-state index contributed by atoms with van der Waals surface area (Å²) in [4.78, 5) is 14.6. The lowest BCUT2D eigenvalue weighted by Crippen LogP contribution is -2.46. The highest BCUT2D eigenvalue weighted by Gasteiger charge is 2.25. The molecule has 0 saturated carbocycles. The molecule has 3 aromatic rings. The highest BCUT2D eigenvalue weighted by Crippen LogP contribution is 2.20. The molecule has 4 rings (SSSR count). The van der Waals surface area contributed by atoms with Crippen molar-refractivity contribution in [2.75, 3.05) is 19.6 Å². The van der Waals surface area contributed by atoms with Crippen molar-refractivity contribution in [3.05, 3.63) is 83.9 Å². The third-order valence-corrected chi connectivity index (χ3v) is 5.70. The number of hydrogen-bond acceptors (Lipinski definition) is 3. The van der Waals surface area contributed by atoms with E-state index in [2.05, 4.69) is 56.5 Å². The average Bonchev–Trinajstić information content (AvgIpc) is 3.21. The van der Waals surface area contributed by atoms with E-state index in [0.29, 0.717) is 12.5 Å². The summed E-state index contributed by atoms with van der Waals surface area (Å²) in [5.41, 5.74) is 2.48. The predicted molar refractivity (Wildman–Crippen MR) is 117 cm³/mol. The molecular formula is C24H29N5O. The number of benzene rings is 2. The van der Waals surface area contributed by atoms with Gasteiger partial charge in [0.15, 0.2) is 0 Å². The van der Waals surface area contributed by atoms with Crippen LogP contribution in [0.15, 0.2) is 67.0 Å². The Morgan fingerprint density at radius 1 is 1.03 bits per heavy atom. The third-order valence-electron chi connectivity index (χ3n) is 5.70. The van der Waals surface area contributed by atoms with Gasteiger partial charge in [-0.15, -0.1) is 10.2 Å². The van der Waals surface area contributed by atoms with Crippen molar-refractivity contribution in [3.63, 3.8) is 0 Å². The maximum absolute atomic E-state index is 12.6. The van der Waals surface area contributed by atoms with Crippen molar-refractivity contribution in [2.45, 2.75) is 32.2 Å². The Morgan fingerprint density at radius 2 is 1.77 bits per heavy atom. The van der Waals surface area contributed by atoms with Crippen LogP contribution in [0.5, 0.6) is 0 Å². The maximum Gasteiger partial charge on any atom is 0.317 e. The zero-order chi connectivity index (χ0) is 20.6. The van der Waals surface area contributed by atoms with Gasteiger partial charge >= 0.3 is 6.03 Å². The molecule has 1 saturated heterocycles. The van der Waals surface area contributed by atoms with Crippen LogP contribution in [0.25, 0.3) is 0 Å². The first-order chi connectivity index (χ1) is 14.8. The lowest BCUT2D eigenvalue weighted by molar-refractivity contribution is 0.164. The average molecular weight is 404 g/mol. The molecule has 156 valence electrons. The molecule has 6 nitrogen and oxygen atoms in total. The first-order valence-corrected chi connectivity index (χ1v) is 10.8. The number of aromatic nitrogens is 3. The van der Waals surface area contributed by atoms with E-state index in [1.54, 1.807) is 6.33 Å². The molecule has 0 aliphatic carbocycles. The number of urea groups is 1. The van der Waals surface area contributed by atoms with E-state index < -0.39 is 0 Å². The Labute approximate surface area is 177 Å². The predicted octanol–water partition coefficient (Wildman–Crippen LogP) is 3.53. The van der Waals surface area contributed by atoms with Gasteiger partial charge in [0.05, 0.1) is 6.54 Å². The summed E-state index contributed by atoms with van der Waals surface area (Å²) in [6.45, 7) is 3.04. The van der Waals surface area contributed by atoms with Crippen LogP contribution in [0.1, 0.15) is 29.8 Å². The summed E-state index contributed by atoms with van der Waals surface area (Å²) in [5.74, 6) is 1.41. The summed E-state index contributed by atoms with van der Waals surface area (Å²) in [5, 5.41) is 11.6. The lowest BCUT2D eigenvalue weighted by Gasteiger charge is -2.32. The highest BCUT2D eigenvalue weighted by atomic mass is 16.2. The van der Waals surface area contributed by atoms with Gasteiger partial charge in [-0.25, -0.2) is 4.79 Å². The zero-order valence-corrected chi connectivity index (χ0v) is 17.3. The topological polar surface area (TPSA) is 63.1 Å². The van der Waals surface area contributed by atoms with Gasteiger partial charge in [-0.2, -0.15) is 0 Å². The summed E-state index contributed by atoms with van der Waals surface area (Å²) in [6, 6.07) is 20.7. The molecule has 30 heavy (non-hydrogen) atoms. The molecule has 1 aliphatic rings. The molecule has 1 aliphatic heterocycles. The van der Waals surface area contributed by atoms with Gasteiger partial charge < -0.3 is 14.8 Å². The van der Waals surface area contributed by atoms with E-state index in [4.69, 9.17) is 0 Å². The van der Waals surface area contributed by atoms with Crippen LogP contribution in [-0.4, -0.2) is 45.3 Å². The molecule has 1 fully saturated rings. The van der Waals surface area contributed by atoms with Gasteiger partial charge in [0, 0.05) is 26.1 Å². The Balaban J connectivity index is 1.28. The van der Waals surface area contributed by atoms with Gasteiger partial charge in [0.2, 0.25) is 0 Å². The highest BCUT2D eigenvalue weighted by molar-refractivity contribution is 5.74. The van der Waals surface area contributed by atoms with Crippen LogP contribution in [0.2, 0.25) is 0 Å². The second kappa shape index (κ2) is 10.1. The van der Waals surface area contributed by atoms with Crippen molar-refractivity contribution in [3.8, 4) is 0 Å². The fraction of sp³-hybridized carbons (Fsp3) is 0.375. The summed E-state index contributed by atoms with van der Waals surface area (Å²) in [6.07, 6.45) is 5.65. The minimum absolute atomic E-state index is 0.0429. The Kier molecular flexibility index (Phi) is 6.75. The van der Waals surface area contributed by atoms with Crippen molar-refractivity contribution < 1.29 is 4.79 Å². The van der Waals surface area contributed by atoms with Crippen molar-refractivity contribution >= 4 is 6.03 Å². The lowest BCUT2D eigenvalue weighted by atomic mass is 9.94. The molecule has 1 N–H and O–H groups in total. The summed E-state index contributed by atoms with van der Waals surface area (Å²) < 4.78 is 2.12. The first kappa shape index (κ1) is 20.1. The number of hydrogen-bond donors (Lipinski definition) is 1. The molecule has 6 heteroatoms. The van der Waals surface area contributed by atoms with Crippen LogP contribution in [-0.2, 0) is 19.4 Å². The normalized spacial score (nSPS) is 16.4. The molecular weight excluding hydrogens is 374 g/mol. The van der Waals surface area contributed by atoms with Gasteiger partial charge in [-0.1, -0.05) is 60.7 Å². The molecule has 0 bridgehead atoms. The quantitative estimate of drug-likeness (QED) is 0.656. The van der Waals surface area contributed by atoms with Crippen molar-refractivity contribution in [1.82, 2.24) is 25.0 Å². The van der Waals surface area contributed by atoms with Gasteiger partial charge in [-0.3, -0.25) is 0 Å². The number of carbonyl (C=O) groups is 1. The number of likely N-dealkylation sites (tertiary alicyclic amines) is 1. The van der Waals surface area contributed by atoms with Crippen molar-refractivity contribution in [1.29, 1.82) is 0 Å². The van der Waals surface area contributed by atoms with E-state index in [1.807, 2.05) is 29.2 Å². The number of amides is 2. The Bertz CT molecular complexity index is 925. The van der Waals surface area contributed by atoms with Crippen LogP contribution in [0.3, 0.4) is 0 Å². The number of piperidine rings is 1.